The molecule has 0 fully saturated rings. The van der Waals surface area contributed by atoms with Crippen LogP contribution in [-0.2, 0) is 4.79 Å². The van der Waals surface area contributed by atoms with Gasteiger partial charge in [0.25, 0.3) is 0 Å². The van der Waals surface area contributed by atoms with E-state index >= 15 is 0 Å². The molecule has 0 heterocycles. The van der Waals surface area contributed by atoms with Gasteiger partial charge in [-0.1, -0.05) is 43.0 Å². The molecule has 0 amide bonds. The fourth-order valence-electron chi connectivity index (χ4n) is 0.856. The molecule has 4 heteroatoms. The van der Waals surface area contributed by atoms with Crippen molar-refractivity contribution in [2.24, 2.45) is 0 Å². The highest BCUT2D eigenvalue weighted by Gasteiger charge is 1.75. The molecule has 0 atom stereocenters. The highest BCUT2D eigenvalue weighted by molar-refractivity contribution is 5.76. The van der Waals surface area contributed by atoms with Crippen LogP contribution in [-0.4, -0.2) is 16.2 Å². The molecular weight excluding hydrogens is 256 g/mol. The van der Waals surface area contributed by atoms with Crippen molar-refractivity contribution in [1.82, 2.24) is 0 Å². The minimum absolute atomic E-state index is 0. The number of phenolic OH excluding ortho intramolecular Hbond substituents is 2. The average molecular weight is 274 g/mol. The number of benzene rings is 2. The third-order valence-electron chi connectivity index (χ3n) is 1.68. The third-order valence-corrected chi connectivity index (χ3v) is 1.68. The van der Waals surface area contributed by atoms with Gasteiger partial charge in [0.2, 0.25) is 0 Å². The van der Waals surface area contributed by atoms with Crippen LogP contribution in [0.25, 0.3) is 0 Å². The van der Waals surface area contributed by atoms with Gasteiger partial charge in [0.1, 0.15) is 11.5 Å². The Morgan fingerprint density at radius 1 is 0.900 bits per heavy atom. The van der Waals surface area contributed by atoms with Gasteiger partial charge in [-0.3, -0.25) is 0 Å². The number of para-hydroxylation sites is 2. The molecule has 20 heavy (non-hydrogen) atoms. The van der Waals surface area contributed by atoms with E-state index in [0.29, 0.717) is 11.5 Å². The molecule has 0 spiro atoms. The van der Waals surface area contributed by atoms with E-state index in [9.17, 15) is 0 Å². The largest absolute Gasteiger partial charge is 0.545 e. The van der Waals surface area contributed by atoms with Crippen LogP contribution < -0.4 is 5.11 Å². The molecule has 2 aromatic carbocycles. The zero-order valence-corrected chi connectivity index (χ0v) is 11.3. The van der Waals surface area contributed by atoms with Gasteiger partial charge in [0.15, 0.2) is 0 Å². The molecule has 0 saturated carbocycles. The Morgan fingerprint density at radius 3 is 1.25 bits per heavy atom. The first kappa shape index (κ1) is 19.5. The van der Waals surface area contributed by atoms with Crippen molar-refractivity contribution >= 4 is 5.97 Å². The molecule has 0 bridgehead atoms. The Hall–Kier alpha value is -2.88. The number of phenols is 2. The summed E-state index contributed by atoms with van der Waals surface area (Å²) < 4.78 is 0. The number of carbonyl (C=O) groups is 1. The normalized spacial score (nSPS) is 7.60. The lowest BCUT2D eigenvalue weighted by Crippen LogP contribution is -2.17. The average Bonchev–Trinajstić information content (AvgIpc) is 2.42. The molecule has 0 aromatic heterocycles. The molecule has 0 aliphatic carbocycles. The summed E-state index contributed by atoms with van der Waals surface area (Å²) in [4.78, 5) is 9.14. The van der Waals surface area contributed by atoms with Crippen LogP contribution >= 0.6 is 0 Å². The molecule has 2 aromatic rings. The fourth-order valence-corrected chi connectivity index (χ4v) is 0.856. The maximum atomic E-state index is 9.14. The monoisotopic (exact) mass is 274 g/mol. The molecule has 2 rings (SSSR count). The Kier molecular flexibility index (Phi) is 12.2. The molecule has 2 N–H and O–H groups in total. The molecule has 0 radical (unpaired) electrons. The van der Waals surface area contributed by atoms with Crippen LogP contribution in [0.1, 0.15) is 0 Å². The molecule has 0 saturated heterocycles. The summed E-state index contributed by atoms with van der Waals surface area (Å²) in [5.41, 5.74) is 0. The summed E-state index contributed by atoms with van der Waals surface area (Å²) in [7, 11) is 0. The van der Waals surface area contributed by atoms with Crippen molar-refractivity contribution in [3.8, 4) is 11.5 Å². The minimum atomic E-state index is -1.23. The highest BCUT2D eigenvalue weighted by Crippen LogP contribution is 2.03. The predicted molar refractivity (Wildman–Crippen MR) is 77.8 cm³/mol. The number of hydrogen-bond donors (Lipinski definition) is 2. The number of carboxylic acids is 1. The van der Waals surface area contributed by atoms with E-state index in [-0.39, 0.29) is 7.43 Å². The number of carbonyl (C=O) groups excluding carboxylic acids is 1. The Bertz CT molecular complexity index is 429. The number of rotatable bonds is 1. The van der Waals surface area contributed by atoms with E-state index in [0.717, 1.165) is 6.08 Å². The van der Waals surface area contributed by atoms with Crippen molar-refractivity contribution in [1.29, 1.82) is 0 Å². The zero-order valence-electron chi connectivity index (χ0n) is 11.3. The first-order valence-electron chi connectivity index (χ1n) is 5.37. The topological polar surface area (TPSA) is 80.6 Å². The van der Waals surface area contributed by atoms with Crippen molar-refractivity contribution in [2.75, 3.05) is 0 Å². The smallest absolute Gasteiger partial charge is 0.115 e. The van der Waals surface area contributed by atoms with Crippen LogP contribution in [0.3, 0.4) is 0 Å². The van der Waals surface area contributed by atoms with Gasteiger partial charge in [-0.25, -0.2) is 0 Å². The number of hydrogen-bond acceptors (Lipinski definition) is 4. The Morgan fingerprint density at radius 2 is 1.15 bits per heavy atom. The van der Waals surface area contributed by atoms with Crippen LogP contribution in [0.2, 0.25) is 0 Å². The van der Waals surface area contributed by atoms with Crippen LogP contribution in [0, 0.1) is 7.43 Å². The van der Waals surface area contributed by atoms with E-state index in [1.807, 2.05) is 12.1 Å². The number of aliphatic carboxylic acids is 1. The molecule has 0 aliphatic heterocycles. The summed E-state index contributed by atoms with van der Waals surface area (Å²) >= 11 is 0. The quantitative estimate of drug-likeness (QED) is 0.617. The molecular formula is C16H18O4. The summed E-state index contributed by atoms with van der Waals surface area (Å²) in [6.45, 7) is 2.90. The summed E-state index contributed by atoms with van der Waals surface area (Å²) in [6, 6.07) is 17.4. The zero-order chi connectivity index (χ0) is 14.5. The van der Waals surface area contributed by atoms with Crippen LogP contribution in [0.4, 0.5) is 0 Å². The summed E-state index contributed by atoms with van der Waals surface area (Å²) in [5, 5.41) is 26.4. The number of carboxylic acid groups (broad SMARTS) is 1. The van der Waals surface area contributed by atoms with Gasteiger partial charge in [0, 0.05) is 7.43 Å². The Balaban J connectivity index is 0. The van der Waals surface area contributed by atoms with Crippen molar-refractivity contribution in [3.63, 3.8) is 0 Å². The second-order valence-corrected chi connectivity index (χ2v) is 3.19. The summed E-state index contributed by atoms with van der Waals surface area (Å²) in [5.74, 6) is -0.588. The molecule has 0 unspecified atom stereocenters. The van der Waals surface area contributed by atoms with Gasteiger partial charge in [-0.15, -0.1) is 0 Å². The maximum absolute atomic E-state index is 9.14. The first-order valence-corrected chi connectivity index (χ1v) is 5.37. The van der Waals surface area contributed by atoms with E-state index in [1.165, 1.54) is 0 Å². The van der Waals surface area contributed by atoms with Gasteiger partial charge in [-0.05, 0) is 30.3 Å². The fraction of sp³-hybridized carbons (Fsp3) is 0. The van der Waals surface area contributed by atoms with E-state index < -0.39 is 5.97 Å². The highest BCUT2D eigenvalue weighted by atomic mass is 16.4. The predicted octanol–water partition coefficient (Wildman–Crippen LogP) is 2.16. The van der Waals surface area contributed by atoms with Gasteiger partial charge >= 0.3 is 0 Å². The van der Waals surface area contributed by atoms with Gasteiger partial charge in [0.05, 0.1) is 5.97 Å². The maximum Gasteiger partial charge on any atom is 0.115 e. The van der Waals surface area contributed by atoms with Gasteiger partial charge < -0.3 is 20.1 Å². The molecule has 4 nitrogen and oxygen atoms in total. The van der Waals surface area contributed by atoms with Gasteiger partial charge in [-0.2, -0.15) is 0 Å². The van der Waals surface area contributed by atoms with E-state index in [1.54, 1.807) is 48.5 Å². The SMILES string of the molecule is C=CC(=O)[O-].Oc1ccccc1.Oc1ccccc1.[CH3+]. The standard InChI is InChI=1S/2C6H6O.C3H4O2.CH3/c2*7-6-4-2-1-3-5-6;1-2-3(4)5;/h2*1-5,7H;2H,1H2,(H,4,5);1H3/q;;;+1/p-1. The third kappa shape index (κ3) is 13.2. The first-order chi connectivity index (χ1) is 9.06. The van der Waals surface area contributed by atoms with E-state index in [4.69, 9.17) is 20.1 Å². The lowest BCUT2D eigenvalue weighted by atomic mass is 10.3. The van der Waals surface area contributed by atoms with Crippen molar-refractivity contribution in [3.05, 3.63) is 80.7 Å². The second-order valence-electron chi connectivity index (χ2n) is 3.19. The van der Waals surface area contributed by atoms with E-state index in [2.05, 4.69) is 6.58 Å². The second kappa shape index (κ2) is 12.6. The van der Waals surface area contributed by atoms with Crippen LogP contribution in [0.15, 0.2) is 73.3 Å². The Labute approximate surface area is 119 Å². The number of aromatic hydroxyl groups is 2. The van der Waals surface area contributed by atoms with Crippen molar-refractivity contribution < 1.29 is 20.1 Å². The summed E-state index contributed by atoms with van der Waals surface area (Å²) in [6.07, 6.45) is 0.722. The lowest BCUT2D eigenvalue weighted by molar-refractivity contribution is -0.297. The van der Waals surface area contributed by atoms with Crippen LogP contribution in [0.5, 0.6) is 11.5 Å². The molecule has 106 valence electrons. The van der Waals surface area contributed by atoms with Crippen molar-refractivity contribution in [2.45, 2.75) is 0 Å². The lowest BCUT2D eigenvalue weighted by Gasteiger charge is -1.82. The minimum Gasteiger partial charge on any atom is -0.545 e. The molecule has 0 aliphatic rings.